The molecular formula is C86H139N11O29S4. The fraction of sp³-hybridized carbons (Fsp3) is 0.488. The summed E-state index contributed by atoms with van der Waals surface area (Å²) < 4.78 is 68.0. The van der Waals surface area contributed by atoms with Gasteiger partial charge in [0, 0.05) is 34.0 Å². The van der Waals surface area contributed by atoms with Crippen molar-refractivity contribution in [1.82, 2.24) is 26.6 Å². The predicted octanol–water partition coefficient (Wildman–Crippen LogP) is 11.4. The van der Waals surface area contributed by atoms with Crippen LogP contribution in [-0.4, -0.2) is 227 Å². The smallest absolute Gasteiger partial charge is 0.407 e. The molecule has 0 aliphatic heterocycles. The minimum atomic E-state index is -4.67. The van der Waals surface area contributed by atoms with Gasteiger partial charge >= 0.3 is 64.5 Å². The van der Waals surface area contributed by atoms with Crippen LogP contribution in [0.2, 0.25) is 0 Å². The number of carbonyl (C=O) groups excluding carboxylic acids is 7. The first kappa shape index (κ1) is 131. The lowest BCUT2D eigenvalue weighted by molar-refractivity contribution is -0.158. The van der Waals surface area contributed by atoms with Crippen molar-refractivity contribution in [2.75, 3.05) is 35.2 Å². The number of carbonyl (C=O) groups is 11. The second-order valence-corrected chi connectivity index (χ2v) is 35.1. The van der Waals surface area contributed by atoms with Gasteiger partial charge < -0.3 is 130 Å². The van der Waals surface area contributed by atoms with Gasteiger partial charge in [-0.1, -0.05) is 97.3 Å². The normalized spacial score (nSPS) is 11.2. The Morgan fingerprint density at radius 3 is 0.831 bits per heavy atom. The van der Waals surface area contributed by atoms with Gasteiger partial charge in [0.1, 0.15) is 103 Å². The van der Waals surface area contributed by atoms with Crippen molar-refractivity contribution < 1.29 is 139 Å². The van der Waals surface area contributed by atoms with Crippen LogP contribution in [0.3, 0.4) is 0 Å². The van der Waals surface area contributed by atoms with Gasteiger partial charge in [-0.2, -0.15) is 8.42 Å². The van der Waals surface area contributed by atoms with E-state index in [0.29, 0.717) is 41.3 Å². The number of hydrogen-bond acceptors (Lipinski definition) is 29. The molecule has 130 heavy (non-hydrogen) atoms. The molecule has 5 rings (SSSR count). The first-order valence-corrected chi connectivity index (χ1v) is 41.8. The van der Waals surface area contributed by atoms with E-state index in [1.807, 2.05) is 104 Å². The number of nitrogens with two attached hydrogens (primary N) is 6. The van der Waals surface area contributed by atoms with Gasteiger partial charge in [-0.25, -0.2) is 38.4 Å². The maximum Gasteiger partial charge on any atom is 0.407 e. The molecule has 0 aliphatic rings. The number of benzene rings is 5. The quantitative estimate of drug-likeness (QED) is 0.0140. The van der Waals surface area contributed by atoms with Crippen LogP contribution < -0.4 is 70.5 Å². The summed E-state index contributed by atoms with van der Waals surface area (Å²) in [5, 5.41) is 74.1. The molecule has 736 valence electrons. The first-order chi connectivity index (χ1) is 59.1. The van der Waals surface area contributed by atoms with Gasteiger partial charge in [-0.15, -0.1) is 0 Å². The number of aromatic hydroxyl groups is 3. The third-order valence-corrected chi connectivity index (χ3v) is 13.3. The Labute approximate surface area is 778 Å². The third-order valence-electron chi connectivity index (χ3n) is 12.7. The van der Waals surface area contributed by atoms with E-state index in [9.17, 15) is 57.8 Å². The molecule has 5 aromatic rings. The minimum absolute atomic E-state index is 0.0177. The topological polar surface area (TPSA) is 685 Å². The summed E-state index contributed by atoms with van der Waals surface area (Å²) in [6.07, 6.45) is 0.641. The van der Waals surface area contributed by atoms with Crippen molar-refractivity contribution >= 4 is 128 Å². The number of hydrogen-bond donors (Lipinski definition) is 20. The van der Waals surface area contributed by atoms with Crippen molar-refractivity contribution in [3.63, 3.8) is 0 Å². The highest BCUT2D eigenvalue weighted by molar-refractivity contribution is 7.80. The summed E-state index contributed by atoms with van der Waals surface area (Å²) in [4.78, 5) is 123. The summed E-state index contributed by atoms with van der Waals surface area (Å²) in [5.74, 6) is -6.14. The number of rotatable bonds is 21. The number of amides is 5. The SMILES string of the molecule is CC(C)(C)OC(=O)C(CCC(N)=S)NC(=O)c1ccccc1OC(C)(C)C.CC(C)(C)OC(=O)C(N)CCC(N)=S.CC(C)(C)Oc1ccccc1C(=O)O.CN.CN.CNC(=O)OC(C)(C)C.CNC(=O)OC(C)(C)C.CNC(=O)OC(C)(C)C.NC(=S)CCC(NC(=O)c1ccccc1O)C(=O)O.O=C(O)c1ccccc1O.O=C(O)c1ccccc1O.O=S(=O)(O)O. The van der Waals surface area contributed by atoms with Gasteiger partial charge in [0.15, 0.2) is 0 Å². The van der Waals surface area contributed by atoms with E-state index in [1.165, 1.54) is 77.7 Å². The number of phenols is 3. The highest BCUT2D eigenvalue weighted by Crippen LogP contribution is 2.26. The van der Waals surface area contributed by atoms with Crippen LogP contribution in [0, 0.1) is 0 Å². The largest absolute Gasteiger partial charge is 0.507 e. The molecule has 0 saturated carbocycles. The van der Waals surface area contributed by atoms with Crippen LogP contribution in [0.25, 0.3) is 0 Å². The highest BCUT2D eigenvalue weighted by atomic mass is 32.3. The fourth-order valence-electron chi connectivity index (χ4n) is 7.81. The van der Waals surface area contributed by atoms with Crippen molar-refractivity contribution in [1.29, 1.82) is 0 Å². The van der Waals surface area contributed by atoms with Gasteiger partial charge in [-0.05, 0) is 246 Å². The maximum atomic E-state index is 12.8. The number of thiocarbonyl (C=S) groups is 3. The number of phenolic OH excluding ortho intramolecular Hbond substituents is 1. The van der Waals surface area contributed by atoms with Gasteiger partial charge in [0.05, 0.1) is 26.1 Å². The number of alkyl carbamates (subject to hydrolysis) is 3. The maximum absolute atomic E-state index is 12.8. The van der Waals surface area contributed by atoms with Gasteiger partial charge in [0.2, 0.25) is 0 Å². The molecule has 0 radical (unpaired) electrons. The Kier molecular flexibility index (Phi) is 66.2. The Balaban J connectivity index is -0.000000265. The molecule has 5 amide bonds. The molecule has 0 fully saturated rings. The second-order valence-electron chi connectivity index (χ2n) is 32.7. The number of esters is 2. The number of carboxylic acid groups (broad SMARTS) is 4. The predicted molar refractivity (Wildman–Crippen MR) is 507 cm³/mol. The molecule has 44 heteroatoms. The minimum Gasteiger partial charge on any atom is -0.507 e. The summed E-state index contributed by atoms with van der Waals surface area (Å²) in [6.45, 7) is 38.4. The zero-order chi connectivity index (χ0) is 103. The Hall–Kier alpha value is -11.9. The molecule has 3 atom stereocenters. The van der Waals surface area contributed by atoms with Gasteiger partial charge in [-0.3, -0.25) is 23.5 Å². The summed E-state index contributed by atoms with van der Waals surface area (Å²) in [6, 6.07) is 28.4. The van der Waals surface area contributed by atoms with E-state index in [-0.39, 0.29) is 109 Å². The average Bonchev–Trinajstić information content (AvgIpc) is 0.827. The van der Waals surface area contributed by atoms with E-state index >= 15 is 0 Å². The van der Waals surface area contributed by atoms with Crippen LogP contribution in [0.1, 0.15) is 236 Å². The first-order valence-electron chi connectivity index (χ1n) is 39.2. The van der Waals surface area contributed by atoms with Crippen molar-refractivity contribution in [2.24, 2.45) is 34.4 Å². The van der Waals surface area contributed by atoms with Gasteiger partial charge in [0.25, 0.3) is 11.8 Å². The zero-order valence-electron chi connectivity index (χ0n) is 78.8. The lowest BCUT2D eigenvalue weighted by Gasteiger charge is -2.26. The molecular weight excluding hydrogens is 1780 g/mol. The Morgan fingerprint density at radius 1 is 0.354 bits per heavy atom. The number of aliphatic carboxylic acids is 1. The van der Waals surface area contributed by atoms with Crippen molar-refractivity contribution in [3.05, 3.63) is 149 Å². The van der Waals surface area contributed by atoms with Crippen LogP contribution >= 0.6 is 36.7 Å². The molecule has 0 saturated heterocycles. The molecule has 40 nitrogen and oxygen atoms in total. The van der Waals surface area contributed by atoms with E-state index in [4.69, 9.17) is 116 Å². The number of ether oxygens (including phenoxy) is 7. The van der Waals surface area contributed by atoms with E-state index in [2.05, 4.69) is 62.5 Å². The van der Waals surface area contributed by atoms with Crippen molar-refractivity contribution in [2.45, 2.75) is 241 Å². The number of carboxylic acids is 4. The Morgan fingerprint density at radius 2 is 0.585 bits per heavy atom. The second kappa shape index (κ2) is 65.6. The molecule has 5 aromatic carbocycles. The van der Waals surface area contributed by atoms with E-state index < -0.39 is 93.0 Å². The highest BCUT2D eigenvalue weighted by Gasteiger charge is 2.30. The third kappa shape index (κ3) is 79.5. The Bertz CT molecular complexity index is 4300. The number of aromatic carboxylic acids is 3. The van der Waals surface area contributed by atoms with Crippen LogP contribution in [-0.2, 0) is 48.5 Å². The average molecular weight is 1920 g/mol. The summed E-state index contributed by atoms with van der Waals surface area (Å²) in [7, 11) is 2.94. The molecule has 26 N–H and O–H groups in total. The number of nitrogens with one attached hydrogen (secondary N) is 5. The lowest BCUT2D eigenvalue weighted by atomic mass is 10.1. The van der Waals surface area contributed by atoms with Crippen LogP contribution in [0.5, 0.6) is 28.7 Å². The van der Waals surface area contributed by atoms with E-state index in [0.717, 1.165) is 0 Å². The molecule has 0 aromatic heterocycles. The molecule has 0 bridgehead atoms. The number of para-hydroxylation sites is 5. The monoisotopic (exact) mass is 1920 g/mol. The van der Waals surface area contributed by atoms with Crippen LogP contribution in [0.15, 0.2) is 121 Å². The molecule has 3 unspecified atom stereocenters. The van der Waals surface area contributed by atoms with Crippen molar-refractivity contribution in [3.8, 4) is 28.7 Å². The summed E-state index contributed by atoms with van der Waals surface area (Å²) in [5.41, 5.74) is 28.0. The van der Waals surface area contributed by atoms with E-state index in [1.54, 1.807) is 120 Å². The molecule has 0 heterocycles. The van der Waals surface area contributed by atoms with Crippen LogP contribution in [0.4, 0.5) is 14.4 Å². The molecule has 0 spiro atoms. The molecule has 0 aliphatic carbocycles. The lowest BCUT2D eigenvalue weighted by Crippen LogP contribution is -2.44. The fourth-order valence-corrected chi connectivity index (χ4v) is 8.17. The summed E-state index contributed by atoms with van der Waals surface area (Å²) >= 11 is 14.2. The standard InChI is InChI=1S/C20H30N2O4S.C12H14N2O4S.C11H14O3.C9H18N2O2S.2C7H6O3.3C6H13NO2.2CH5N.H2O4S/c1-19(2,3)25-15-10-8-7-9-13(15)17(23)22-14(11-12-16(21)27)18(24)26-20(4,5)6;13-10(19)6-5-8(12(17)18)14-11(16)7-3-1-2-4-9(7)15;1-11(2,3)14-9-7-5-4-6-8(9)10(12)13;1-9(2,3)13-8(12)6(10)4-5-7(11)14;2*8-6-4-2-1-3-5(6)7(9)10;3*1-6(2,3)9-5(8)7-4;2*1-2;1-5(2,3)4/h7-10,14H,11-12H2,1-6H3,(H2,21,27)(H,22,23);1-4,8,15H,5-6H2,(H2,13,19)(H,14,16)(H,17,18);4-7H,1-3H3,(H,12,13);6H,4-5,10H2,1-3H3,(H2,11,14);2*1-4,8H,(H,9,10);3*1-4H3,(H,7,8);2*2H2,1H3;(H2,1,2,3,4). The zero-order valence-corrected chi connectivity index (χ0v) is 82.1.